The van der Waals surface area contributed by atoms with Crippen LogP contribution in [0.5, 0.6) is 0 Å². The van der Waals surface area contributed by atoms with Crippen LogP contribution in [-0.2, 0) is 10.1 Å². The number of benzene rings is 2. The van der Waals surface area contributed by atoms with Crippen molar-refractivity contribution in [2.24, 2.45) is 5.73 Å². The van der Waals surface area contributed by atoms with Crippen LogP contribution in [0.25, 0.3) is 16.5 Å². The van der Waals surface area contributed by atoms with Crippen LogP contribution in [0.15, 0.2) is 47.5 Å². The average Bonchev–Trinajstić information content (AvgIpc) is 2.35. The Morgan fingerprint density at radius 1 is 1.06 bits per heavy atom. The van der Waals surface area contributed by atoms with Crippen molar-refractivity contribution >= 4 is 26.6 Å². The summed E-state index contributed by atoms with van der Waals surface area (Å²) in [4.78, 5) is 0. The number of nitrogens with two attached hydrogens (primary N) is 1. The highest BCUT2D eigenvalue weighted by Crippen LogP contribution is 2.21. The van der Waals surface area contributed by atoms with Gasteiger partial charge in [-0.25, -0.2) is 0 Å². The van der Waals surface area contributed by atoms with E-state index in [1.165, 1.54) is 6.07 Å². The Morgan fingerprint density at radius 2 is 1.67 bits per heavy atom. The van der Waals surface area contributed by atoms with Crippen molar-refractivity contribution in [3.05, 3.63) is 53.1 Å². The lowest BCUT2D eigenvalue weighted by Gasteiger charge is -2.05. The summed E-state index contributed by atoms with van der Waals surface area (Å²) in [6.07, 6.45) is 0. The highest BCUT2D eigenvalue weighted by atomic mass is 32.2. The summed E-state index contributed by atoms with van der Waals surface area (Å²) >= 11 is 0. The molecule has 2 rings (SSSR count). The minimum atomic E-state index is -4.60. The van der Waals surface area contributed by atoms with E-state index in [0.29, 0.717) is 0 Å². The number of hydrogen-bond acceptors (Lipinski definition) is 4. The molecule has 0 fully saturated rings. The van der Waals surface area contributed by atoms with Crippen LogP contribution in [0.1, 0.15) is 5.56 Å². The first-order valence-corrected chi connectivity index (χ1v) is 6.49. The van der Waals surface area contributed by atoms with E-state index in [1.54, 1.807) is 12.1 Å². The fourth-order valence-corrected chi connectivity index (χ4v) is 1.96. The smallest absolute Gasteiger partial charge is 0.313 e. The Balaban J connectivity index is 2.62. The van der Waals surface area contributed by atoms with Gasteiger partial charge in [0.05, 0.1) is 0 Å². The third kappa shape index (κ3) is 2.29. The van der Waals surface area contributed by atoms with Crippen molar-refractivity contribution in [3.63, 3.8) is 0 Å². The minimum Gasteiger partial charge on any atom is -0.504 e. The van der Waals surface area contributed by atoms with Gasteiger partial charge in [0.25, 0.3) is 0 Å². The van der Waals surface area contributed by atoms with Crippen LogP contribution in [0.2, 0.25) is 0 Å². The number of rotatable bonds is 2. The van der Waals surface area contributed by atoms with Crippen LogP contribution in [0, 0.1) is 0 Å². The van der Waals surface area contributed by atoms with Gasteiger partial charge in [-0.1, -0.05) is 36.4 Å². The predicted octanol–water partition coefficient (Wildman–Crippen LogP) is 1.87. The van der Waals surface area contributed by atoms with Gasteiger partial charge in [-0.2, -0.15) is 8.42 Å². The average molecular weight is 265 g/mol. The fourth-order valence-electron chi connectivity index (χ4n) is 1.60. The maximum Gasteiger partial charge on any atom is 0.313 e. The van der Waals surface area contributed by atoms with Crippen molar-refractivity contribution in [1.29, 1.82) is 0 Å². The topological polar surface area (TPSA) is 101 Å². The number of aliphatic hydroxyl groups excluding tert-OH is 1. The molecule has 0 spiro atoms. The lowest BCUT2D eigenvalue weighted by Crippen LogP contribution is -2.13. The second kappa shape index (κ2) is 4.32. The number of fused-ring (bicyclic) bond motifs is 1. The molecule has 6 heteroatoms. The molecule has 0 amide bonds. The van der Waals surface area contributed by atoms with Gasteiger partial charge < -0.3 is 10.8 Å². The van der Waals surface area contributed by atoms with Gasteiger partial charge in [-0.3, -0.25) is 4.55 Å². The van der Waals surface area contributed by atoms with E-state index < -0.39 is 20.9 Å². The van der Waals surface area contributed by atoms with Gasteiger partial charge in [0.2, 0.25) is 0 Å². The maximum absolute atomic E-state index is 10.8. The van der Waals surface area contributed by atoms with Gasteiger partial charge in [0.1, 0.15) is 0 Å². The second-order valence-electron chi connectivity index (χ2n) is 3.75. The van der Waals surface area contributed by atoms with Crippen LogP contribution >= 0.6 is 0 Å². The first kappa shape index (κ1) is 12.4. The molecule has 0 unspecified atom stereocenters. The van der Waals surface area contributed by atoms with Crippen molar-refractivity contribution in [2.45, 2.75) is 0 Å². The van der Waals surface area contributed by atoms with E-state index in [4.69, 9.17) is 10.3 Å². The standard InChI is InChI=1S/C12H11NO4S/c13-12(18(15,16)17)11(14)10-6-5-8-3-1-2-4-9(8)7-10/h1-7,14H,13H2,(H,15,16,17)/b12-11-. The molecule has 0 aliphatic carbocycles. The molecule has 0 radical (unpaired) electrons. The lowest BCUT2D eigenvalue weighted by molar-refractivity contribution is 0.481. The molecule has 0 bridgehead atoms. The summed E-state index contributed by atoms with van der Waals surface area (Å²) in [6, 6.07) is 12.2. The summed E-state index contributed by atoms with van der Waals surface area (Å²) in [5, 5.41) is 10.5. The molecule has 0 saturated heterocycles. The first-order chi connectivity index (χ1) is 8.39. The molecule has 2 aromatic carbocycles. The summed E-state index contributed by atoms with van der Waals surface area (Å²) in [7, 11) is -4.60. The zero-order valence-corrected chi connectivity index (χ0v) is 10.1. The van der Waals surface area contributed by atoms with Gasteiger partial charge in [-0.15, -0.1) is 0 Å². The van der Waals surface area contributed by atoms with E-state index in [1.807, 2.05) is 24.3 Å². The van der Waals surface area contributed by atoms with Gasteiger partial charge >= 0.3 is 10.1 Å². The predicted molar refractivity (Wildman–Crippen MR) is 69.2 cm³/mol. The first-order valence-electron chi connectivity index (χ1n) is 5.05. The normalized spacial score (nSPS) is 13.4. The number of aliphatic hydroxyl groups is 1. The molecule has 0 heterocycles. The van der Waals surface area contributed by atoms with Gasteiger partial charge in [0.15, 0.2) is 10.8 Å². The van der Waals surface area contributed by atoms with Crippen molar-refractivity contribution < 1.29 is 18.1 Å². The minimum absolute atomic E-state index is 0.226. The van der Waals surface area contributed by atoms with E-state index in [9.17, 15) is 13.5 Å². The van der Waals surface area contributed by atoms with E-state index in [0.717, 1.165) is 10.8 Å². The summed E-state index contributed by atoms with van der Waals surface area (Å²) in [5.74, 6) is -0.664. The summed E-state index contributed by atoms with van der Waals surface area (Å²) in [6.45, 7) is 0. The van der Waals surface area contributed by atoms with Crippen molar-refractivity contribution in [1.82, 2.24) is 0 Å². The molecule has 4 N–H and O–H groups in total. The molecule has 0 atom stereocenters. The van der Waals surface area contributed by atoms with E-state index >= 15 is 0 Å². The molecule has 2 aromatic rings. The third-order valence-electron chi connectivity index (χ3n) is 2.53. The maximum atomic E-state index is 10.8. The van der Waals surface area contributed by atoms with Crippen LogP contribution < -0.4 is 5.73 Å². The Kier molecular flexibility index (Phi) is 2.98. The van der Waals surface area contributed by atoms with Crippen LogP contribution in [-0.4, -0.2) is 18.1 Å². The fraction of sp³-hybridized carbons (Fsp3) is 0. The molecule has 0 aliphatic rings. The summed E-state index contributed by atoms with van der Waals surface area (Å²) in [5.41, 5.74) is 5.39. The second-order valence-corrected chi connectivity index (χ2v) is 5.14. The molecule has 0 aliphatic heterocycles. The van der Waals surface area contributed by atoms with E-state index in [2.05, 4.69) is 0 Å². The monoisotopic (exact) mass is 265 g/mol. The molecular weight excluding hydrogens is 254 g/mol. The lowest BCUT2D eigenvalue weighted by atomic mass is 10.1. The van der Waals surface area contributed by atoms with Crippen LogP contribution in [0.4, 0.5) is 0 Å². The van der Waals surface area contributed by atoms with E-state index in [-0.39, 0.29) is 5.56 Å². The Bertz CT molecular complexity index is 735. The van der Waals surface area contributed by atoms with Crippen molar-refractivity contribution in [3.8, 4) is 0 Å². The highest BCUT2D eigenvalue weighted by Gasteiger charge is 2.16. The molecular formula is C12H11NO4S. The summed E-state index contributed by atoms with van der Waals surface area (Å²) < 4.78 is 30.4. The third-order valence-corrected chi connectivity index (χ3v) is 3.28. The molecule has 18 heavy (non-hydrogen) atoms. The van der Waals surface area contributed by atoms with Gasteiger partial charge in [0, 0.05) is 5.56 Å². The van der Waals surface area contributed by atoms with Crippen LogP contribution in [0.3, 0.4) is 0 Å². The largest absolute Gasteiger partial charge is 0.504 e. The number of hydrogen-bond donors (Lipinski definition) is 3. The highest BCUT2D eigenvalue weighted by molar-refractivity contribution is 7.89. The van der Waals surface area contributed by atoms with Crippen molar-refractivity contribution in [2.75, 3.05) is 0 Å². The molecule has 0 aromatic heterocycles. The van der Waals surface area contributed by atoms with Gasteiger partial charge in [-0.05, 0) is 16.8 Å². The quantitative estimate of drug-likeness (QED) is 0.568. The Hall–Kier alpha value is -2.05. The Morgan fingerprint density at radius 3 is 2.28 bits per heavy atom. The molecule has 5 nitrogen and oxygen atoms in total. The molecule has 0 saturated carbocycles. The SMILES string of the molecule is N/C(=C(/O)c1ccc2ccccc2c1)S(=O)(=O)O. The zero-order chi connectivity index (χ0) is 13.3. The molecule has 94 valence electrons. The zero-order valence-electron chi connectivity index (χ0n) is 9.24. The Labute approximate surface area is 104 Å².